The van der Waals surface area contributed by atoms with Crippen LogP contribution in [-0.4, -0.2) is 49.7 Å². The Morgan fingerprint density at radius 3 is 2.82 bits per heavy atom. The first-order valence-electron chi connectivity index (χ1n) is 8.06. The first-order valence-corrected chi connectivity index (χ1v) is 8.06. The molecule has 2 atom stereocenters. The normalized spacial score (nSPS) is 25.9. The molecule has 0 saturated carbocycles. The van der Waals surface area contributed by atoms with E-state index in [1.165, 1.54) is 5.56 Å². The van der Waals surface area contributed by atoms with Gasteiger partial charge in [-0.15, -0.1) is 0 Å². The molecule has 3 N–H and O–H groups in total. The predicted molar refractivity (Wildman–Crippen MR) is 85.5 cm³/mol. The van der Waals surface area contributed by atoms with E-state index in [-0.39, 0.29) is 30.7 Å². The van der Waals surface area contributed by atoms with Crippen LogP contribution in [0.1, 0.15) is 30.0 Å². The molecule has 0 unspecified atom stereocenters. The van der Waals surface area contributed by atoms with Crippen molar-refractivity contribution in [3.63, 3.8) is 0 Å². The number of carbonyl (C=O) groups is 1. The molecule has 1 saturated heterocycles. The molecule has 120 valence electrons. The minimum absolute atomic E-state index is 0.0222. The number of benzene rings is 1. The van der Waals surface area contributed by atoms with Crippen molar-refractivity contribution < 1.29 is 9.53 Å². The van der Waals surface area contributed by atoms with Crippen LogP contribution >= 0.6 is 0 Å². The van der Waals surface area contributed by atoms with Gasteiger partial charge >= 0.3 is 0 Å². The molecular formula is C17H25N3O2. The Morgan fingerprint density at radius 2 is 2.09 bits per heavy atom. The van der Waals surface area contributed by atoms with Crippen molar-refractivity contribution in [2.45, 2.75) is 37.5 Å². The lowest BCUT2D eigenvalue weighted by atomic mass is 10.1. The Hall–Kier alpha value is -1.43. The Morgan fingerprint density at radius 1 is 1.36 bits per heavy atom. The van der Waals surface area contributed by atoms with Crippen molar-refractivity contribution in [3.05, 3.63) is 35.4 Å². The predicted octanol–water partition coefficient (Wildman–Crippen LogP) is 0.838. The monoisotopic (exact) mass is 303 g/mol. The lowest BCUT2D eigenvalue weighted by molar-refractivity contribution is -0.129. The maximum atomic E-state index is 12.1. The van der Waals surface area contributed by atoms with Crippen LogP contribution in [0, 0.1) is 0 Å². The second-order valence-corrected chi connectivity index (χ2v) is 6.42. The van der Waals surface area contributed by atoms with E-state index in [4.69, 9.17) is 10.5 Å². The highest BCUT2D eigenvalue weighted by Gasteiger charge is 2.30. The van der Waals surface area contributed by atoms with Gasteiger partial charge in [0.2, 0.25) is 5.91 Å². The topological polar surface area (TPSA) is 67.6 Å². The van der Waals surface area contributed by atoms with Gasteiger partial charge in [0.15, 0.2) is 0 Å². The summed E-state index contributed by atoms with van der Waals surface area (Å²) in [6.07, 6.45) is 3.00. The molecule has 1 aromatic carbocycles. The van der Waals surface area contributed by atoms with E-state index in [0.717, 1.165) is 37.9 Å². The average molecular weight is 303 g/mol. The minimum Gasteiger partial charge on any atom is -0.368 e. The van der Waals surface area contributed by atoms with Crippen molar-refractivity contribution in [1.82, 2.24) is 10.2 Å². The molecule has 2 aliphatic rings. The highest BCUT2D eigenvalue weighted by atomic mass is 16.5. The van der Waals surface area contributed by atoms with Gasteiger partial charge in [-0.05, 0) is 37.4 Å². The fourth-order valence-corrected chi connectivity index (χ4v) is 3.36. The molecule has 1 heterocycles. The van der Waals surface area contributed by atoms with Crippen LogP contribution in [0.25, 0.3) is 0 Å². The zero-order valence-electron chi connectivity index (χ0n) is 13.1. The third-order valence-corrected chi connectivity index (χ3v) is 4.75. The maximum Gasteiger partial charge on any atom is 0.246 e. The Labute approximate surface area is 131 Å². The fraction of sp³-hybridized carbons (Fsp3) is 0.588. The summed E-state index contributed by atoms with van der Waals surface area (Å²) in [5.41, 5.74) is 8.61. The second-order valence-electron chi connectivity index (χ2n) is 6.42. The zero-order chi connectivity index (χ0) is 15.5. The number of piperidine rings is 1. The number of hydrogen-bond donors (Lipinski definition) is 2. The summed E-state index contributed by atoms with van der Waals surface area (Å²) in [4.78, 5) is 14.4. The first-order chi connectivity index (χ1) is 10.6. The number of rotatable bonds is 4. The number of nitrogens with two attached hydrogens (primary N) is 1. The molecule has 0 spiro atoms. The quantitative estimate of drug-likeness (QED) is 0.865. The molecule has 0 aromatic heterocycles. The number of fused-ring (bicyclic) bond motifs is 1. The van der Waals surface area contributed by atoms with Gasteiger partial charge < -0.3 is 20.7 Å². The Bertz CT molecular complexity index is 526. The van der Waals surface area contributed by atoms with E-state index < -0.39 is 0 Å². The Kier molecular flexibility index (Phi) is 4.76. The van der Waals surface area contributed by atoms with Crippen LogP contribution < -0.4 is 11.1 Å². The van der Waals surface area contributed by atoms with E-state index in [0.29, 0.717) is 0 Å². The number of nitrogens with one attached hydrogen (secondary N) is 1. The molecule has 1 aliphatic carbocycles. The molecule has 1 aromatic rings. The van der Waals surface area contributed by atoms with Crippen molar-refractivity contribution >= 4 is 5.91 Å². The van der Waals surface area contributed by atoms with Gasteiger partial charge in [0.1, 0.15) is 6.61 Å². The molecular weight excluding hydrogens is 278 g/mol. The van der Waals surface area contributed by atoms with Gasteiger partial charge in [0, 0.05) is 13.1 Å². The average Bonchev–Trinajstić information content (AvgIpc) is 2.83. The highest BCUT2D eigenvalue weighted by molar-refractivity contribution is 5.77. The van der Waals surface area contributed by atoms with Crippen molar-refractivity contribution in [2.75, 3.05) is 26.7 Å². The second kappa shape index (κ2) is 6.77. The van der Waals surface area contributed by atoms with Crippen LogP contribution in [0.5, 0.6) is 0 Å². The van der Waals surface area contributed by atoms with Gasteiger partial charge in [0.05, 0.1) is 18.2 Å². The summed E-state index contributed by atoms with van der Waals surface area (Å²) >= 11 is 0. The number of amides is 1. The summed E-state index contributed by atoms with van der Waals surface area (Å²) in [7, 11) is 2.11. The summed E-state index contributed by atoms with van der Waals surface area (Å²) in [5.74, 6) is -0.0628. The summed E-state index contributed by atoms with van der Waals surface area (Å²) in [6.45, 7) is 2.21. The van der Waals surface area contributed by atoms with Crippen LogP contribution in [0.3, 0.4) is 0 Å². The largest absolute Gasteiger partial charge is 0.368 e. The number of hydrogen-bond acceptors (Lipinski definition) is 4. The minimum atomic E-state index is -0.122. The van der Waals surface area contributed by atoms with Gasteiger partial charge in [-0.2, -0.15) is 0 Å². The summed E-state index contributed by atoms with van der Waals surface area (Å²) in [6, 6.07) is 7.98. The summed E-state index contributed by atoms with van der Waals surface area (Å²) in [5, 5.41) is 3.02. The summed E-state index contributed by atoms with van der Waals surface area (Å²) < 4.78 is 5.74. The molecule has 1 fully saturated rings. The maximum absolute atomic E-state index is 12.1. The lowest BCUT2D eigenvalue weighted by Gasteiger charge is -2.29. The zero-order valence-corrected chi connectivity index (χ0v) is 13.1. The lowest BCUT2D eigenvalue weighted by Crippen LogP contribution is -2.43. The van der Waals surface area contributed by atoms with Gasteiger partial charge in [0.25, 0.3) is 0 Å². The van der Waals surface area contributed by atoms with Crippen LogP contribution in [0.15, 0.2) is 24.3 Å². The Balaban J connectivity index is 1.45. The SMILES string of the molecule is CN1CCC(OCC(=O)N[C@@H]2Cc3ccccc3[C@H]2N)CC1. The van der Waals surface area contributed by atoms with Crippen molar-refractivity contribution in [2.24, 2.45) is 5.73 Å². The van der Waals surface area contributed by atoms with Gasteiger partial charge in [-0.3, -0.25) is 4.79 Å². The number of nitrogens with zero attached hydrogens (tertiary/aromatic N) is 1. The number of likely N-dealkylation sites (tertiary alicyclic amines) is 1. The molecule has 0 radical (unpaired) electrons. The fourth-order valence-electron chi connectivity index (χ4n) is 3.36. The molecule has 5 nitrogen and oxygen atoms in total. The van der Waals surface area contributed by atoms with Gasteiger partial charge in [-0.1, -0.05) is 24.3 Å². The van der Waals surface area contributed by atoms with Crippen molar-refractivity contribution in [3.8, 4) is 0 Å². The van der Waals surface area contributed by atoms with Crippen LogP contribution in [-0.2, 0) is 16.0 Å². The smallest absolute Gasteiger partial charge is 0.246 e. The van der Waals surface area contributed by atoms with E-state index in [1.54, 1.807) is 0 Å². The standard InChI is InChI=1S/C17H25N3O2/c1-20-8-6-13(7-9-20)22-11-16(21)19-15-10-12-4-2-3-5-14(12)17(15)18/h2-5,13,15,17H,6-11,18H2,1H3,(H,19,21)/t15-,17-/m1/s1. The molecule has 0 bridgehead atoms. The number of carbonyl (C=O) groups excluding carboxylic acids is 1. The van der Waals surface area contributed by atoms with Gasteiger partial charge in [-0.25, -0.2) is 0 Å². The molecule has 22 heavy (non-hydrogen) atoms. The molecule has 1 amide bonds. The first kappa shape index (κ1) is 15.5. The molecule has 5 heteroatoms. The van der Waals surface area contributed by atoms with Crippen molar-refractivity contribution in [1.29, 1.82) is 0 Å². The van der Waals surface area contributed by atoms with E-state index >= 15 is 0 Å². The molecule has 1 aliphatic heterocycles. The van der Waals surface area contributed by atoms with E-state index in [9.17, 15) is 4.79 Å². The van der Waals surface area contributed by atoms with E-state index in [2.05, 4.69) is 23.3 Å². The third-order valence-electron chi connectivity index (χ3n) is 4.75. The third kappa shape index (κ3) is 3.48. The highest BCUT2D eigenvalue weighted by Crippen LogP contribution is 2.29. The van der Waals surface area contributed by atoms with E-state index in [1.807, 2.05) is 18.2 Å². The number of ether oxygens (including phenoxy) is 1. The van der Waals surface area contributed by atoms with Crippen LogP contribution in [0.2, 0.25) is 0 Å². The molecule has 3 rings (SSSR count). The van der Waals surface area contributed by atoms with Crippen LogP contribution in [0.4, 0.5) is 0 Å².